The standard InChI is InChI=1S/C20H22N2O3/c1-14-7-9-15(10-8-14)13-21-18(23)20(11-12-20)19(24)22-16-5-3-4-6-17(16)25-2/h3-10H,11-13H2,1-2H3,(H,21,23)(H,22,24). The van der Waals surface area contributed by atoms with Crippen LogP contribution in [0.15, 0.2) is 48.5 Å². The van der Waals surface area contributed by atoms with Gasteiger partial charge in [-0.05, 0) is 37.5 Å². The molecular weight excluding hydrogens is 316 g/mol. The Hall–Kier alpha value is -2.82. The van der Waals surface area contributed by atoms with Gasteiger partial charge >= 0.3 is 0 Å². The molecule has 0 aliphatic heterocycles. The SMILES string of the molecule is COc1ccccc1NC(=O)C1(C(=O)NCc2ccc(C)cc2)CC1. The third kappa shape index (κ3) is 3.65. The fourth-order valence-corrected chi connectivity index (χ4v) is 2.73. The van der Waals surface area contributed by atoms with E-state index in [1.165, 1.54) is 5.56 Å². The molecule has 0 atom stereocenters. The summed E-state index contributed by atoms with van der Waals surface area (Å²) in [5, 5.41) is 5.71. The Labute approximate surface area is 147 Å². The van der Waals surface area contributed by atoms with Gasteiger partial charge in [0.25, 0.3) is 0 Å². The molecule has 130 valence electrons. The lowest BCUT2D eigenvalue weighted by molar-refractivity contribution is -0.134. The van der Waals surface area contributed by atoms with Crippen LogP contribution in [-0.4, -0.2) is 18.9 Å². The zero-order valence-electron chi connectivity index (χ0n) is 14.5. The van der Waals surface area contributed by atoms with Crippen LogP contribution in [0.2, 0.25) is 0 Å². The van der Waals surface area contributed by atoms with E-state index in [-0.39, 0.29) is 11.8 Å². The molecule has 0 aromatic heterocycles. The summed E-state index contributed by atoms with van der Waals surface area (Å²) < 4.78 is 5.24. The first kappa shape index (κ1) is 17.0. The van der Waals surface area contributed by atoms with E-state index in [0.29, 0.717) is 30.8 Å². The van der Waals surface area contributed by atoms with Crippen molar-refractivity contribution in [2.24, 2.45) is 5.41 Å². The van der Waals surface area contributed by atoms with Gasteiger partial charge in [-0.2, -0.15) is 0 Å². The highest BCUT2D eigenvalue weighted by molar-refractivity contribution is 6.13. The lowest BCUT2D eigenvalue weighted by Gasteiger charge is -2.17. The van der Waals surface area contributed by atoms with Gasteiger partial charge in [-0.1, -0.05) is 42.0 Å². The summed E-state index contributed by atoms with van der Waals surface area (Å²) >= 11 is 0. The molecule has 2 aromatic carbocycles. The minimum Gasteiger partial charge on any atom is -0.495 e. The summed E-state index contributed by atoms with van der Waals surface area (Å²) in [4.78, 5) is 25.2. The number of methoxy groups -OCH3 is 1. The number of carbonyl (C=O) groups is 2. The number of rotatable bonds is 6. The van der Waals surface area contributed by atoms with Crippen molar-refractivity contribution in [1.29, 1.82) is 0 Å². The topological polar surface area (TPSA) is 67.4 Å². The van der Waals surface area contributed by atoms with Crippen LogP contribution in [-0.2, 0) is 16.1 Å². The van der Waals surface area contributed by atoms with Crippen LogP contribution in [0.4, 0.5) is 5.69 Å². The fraction of sp³-hybridized carbons (Fsp3) is 0.300. The molecule has 2 aromatic rings. The van der Waals surface area contributed by atoms with Gasteiger partial charge in [0.05, 0.1) is 12.8 Å². The summed E-state index contributed by atoms with van der Waals surface area (Å²) in [5.41, 5.74) is 1.79. The van der Waals surface area contributed by atoms with Crippen LogP contribution >= 0.6 is 0 Å². The van der Waals surface area contributed by atoms with Crippen LogP contribution in [0.1, 0.15) is 24.0 Å². The molecule has 0 unspecified atom stereocenters. The van der Waals surface area contributed by atoms with Crippen LogP contribution < -0.4 is 15.4 Å². The minimum atomic E-state index is -0.967. The van der Waals surface area contributed by atoms with Gasteiger partial charge < -0.3 is 15.4 Å². The van der Waals surface area contributed by atoms with E-state index in [9.17, 15) is 9.59 Å². The maximum Gasteiger partial charge on any atom is 0.240 e. The van der Waals surface area contributed by atoms with E-state index < -0.39 is 5.41 Å². The molecule has 0 saturated heterocycles. The van der Waals surface area contributed by atoms with Gasteiger partial charge in [0.2, 0.25) is 11.8 Å². The smallest absolute Gasteiger partial charge is 0.240 e. The second kappa shape index (κ2) is 6.97. The summed E-state index contributed by atoms with van der Waals surface area (Å²) in [5.74, 6) is 0.0746. The number of hydrogen-bond acceptors (Lipinski definition) is 3. The van der Waals surface area contributed by atoms with E-state index in [1.807, 2.05) is 43.3 Å². The Bertz CT molecular complexity index is 780. The quantitative estimate of drug-likeness (QED) is 0.796. The maximum atomic E-state index is 12.6. The molecule has 5 heteroatoms. The number of hydrogen-bond donors (Lipinski definition) is 2. The molecule has 25 heavy (non-hydrogen) atoms. The van der Waals surface area contributed by atoms with Crippen molar-refractivity contribution in [3.05, 3.63) is 59.7 Å². The number of anilines is 1. The molecule has 2 amide bonds. The highest BCUT2D eigenvalue weighted by Crippen LogP contribution is 2.47. The molecular formula is C20H22N2O3. The molecule has 1 aliphatic rings. The zero-order chi connectivity index (χ0) is 17.9. The first-order valence-corrected chi connectivity index (χ1v) is 8.33. The minimum absolute atomic E-state index is 0.222. The van der Waals surface area contributed by atoms with Gasteiger partial charge in [-0.15, -0.1) is 0 Å². The fourth-order valence-electron chi connectivity index (χ4n) is 2.73. The van der Waals surface area contributed by atoms with Crippen molar-refractivity contribution in [1.82, 2.24) is 5.32 Å². The van der Waals surface area contributed by atoms with E-state index in [1.54, 1.807) is 19.2 Å². The second-order valence-electron chi connectivity index (χ2n) is 6.40. The number of para-hydroxylation sites is 2. The predicted molar refractivity (Wildman–Crippen MR) is 96.3 cm³/mol. The van der Waals surface area contributed by atoms with E-state index >= 15 is 0 Å². The lowest BCUT2D eigenvalue weighted by Crippen LogP contribution is -2.39. The molecule has 5 nitrogen and oxygen atoms in total. The van der Waals surface area contributed by atoms with Crippen molar-refractivity contribution in [2.75, 3.05) is 12.4 Å². The third-order valence-electron chi connectivity index (χ3n) is 4.55. The van der Waals surface area contributed by atoms with Gasteiger partial charge in [-0.25, -0.2) is 0 Å². The Morgan fingerprint density at radius 2 is 1.72 bits per heavy atom. The number of amides is 2. The molecule has 1 saturated carbocycles. The van der Waals surface area contributed by atoms with Crippen LogP contribution in [0.3, 0.4) is 0 Å². The van der Waals surface area contributed by atoms with E-state index in [4.69, 9.17) is 4.74 Å². The van der Waals surface area contributed by atoms with Crippen LogP contribution in [0.5, 0.6) is 5.75 Å². The predicted octanol–water partition coefficient (Wildman–Crippen LogP) is 3.04. The average Bonchev–Trinajstić information content (AvgIpc) is 3.43. The van der Waals surface area contributed by atoms with Gasteiger partial charge in [0, 0.05) is 6.54 Å². The molecule has 0 heterocycles. The van der Waals surface area contributed by atoms with Crippen molar-refractivity contribution in [3.63, 3.8) is 0 Å². The summed E-state index contributed by atoms with van der Waals surface area (Å²) in [7, 11) is 1.55. The number of ether oxygens (including phenoxy) is 1. The lowest BCUT2D eigenvalue weighted by atomic mass is 10.0. The monoisotopic (exact) mass is 338 g/mol. The largest absolute Gasteiger partial charge is 0.495 e. The van der Waals surface area contributed by atoms with E-state index in [2.05, 4.69) is 10.6 Å². The van der Waals surface area contributed by atoms with E-state index in [0.717, 1.165) is 5.56 Å². The van der Waals surface area contributed by atoms with Gasteiger partial charge in [0.15, 0.2) is 0 Å². The number of carbonyl (C=O) groups excluding carboxylic acids is 2. The van der Waals surface area contributed by atoms with Crippen molar-refractivity contribution >= 4 is 17.5 Å². The molecule has 0 spiro atoms. The highest BCUT2D eigenvalue weighted by atomic mass is 16.5. The van der Waals surface area contributed by atoms with Crippen molar-refractivity contribution in [2.45, 2.75) is 26.3 Å². The van der Waals surface area contributed by atoms with Gasteiger partial charge in [-0.3, -0.25) is 9.59 Å². The maximum absolute atomic E-state index is 12.6. The summed E-state index contributed by atoms with van der Waals surface area (Å²) in [6.07, 6.45) is 1.13. The van der Waals surface area contributed by atoms with Crippen molar-refractivity contribution in [3.8, 4) is 5.75 Å². The Balaban J connectivity index is 1.63. The zero-order valence-corrected chi connectivity index (χ0v) is 14.5. The van der Waals surface area contributed by atoms with Gasteiger partial charge in [0.1, 0.15) is 11.2 Å². The first-order valence-electron chi connectivity index (χ1n) is 8.33. The first-order chi connectivity index (χ1) is 12.0. The summed E-state index contributed by atoms with van der Waals surface area (Å²) in [6, 6.07) is 15.1. The number of aryl methyl sites for hydroxylation is 1. The average molecular weight is 338 g/mol. The number of nitrogens with one attached hydrogen (secondary N) is 2. The molecule has 1 fully saturated rings. The van der Waals surface area contributed by atoms with Crippen LogP contribution in [0, 0.1) is 12.3 Å². The Morgan fingerprint density at radius 1 is 1.04 bits per heavy atom. The molecule has 2 N–H and O–H groups in total. The second-order valence-corrected chi connectivity index (χ2v) is 6.40. The Kier molecular flexibility index (Phi) is 4.74. The highest BCUT2D eigenvalue weighted by Gasteiger charge is 2.56. The normalized spacial score (nSPS) is 14.5. The molecule has 0 radical (unpaired) electrons. The Morgan fingerprint density at radius 3 is 2.36 bits per heavy atom. The van der Waals surface area contributed by atoms with Crippen LogP contribution in [0.25, 0.3) is 0 Å². The van der Waals surface area contributed by atoms with Crippen molar-refractivity contribution < 1.29 is 14.3 Å². The molecule has 3 rings (SSSR count). The molecule has 0 bridgehead atoms. The summed E-state index contributed by atoms with van der Waals surface area (Å²) in [6.45, 7) is 2.44. The molecule has 1 aliphatic carbocycles. The third-order valence-corrected chi connectivity index (χ3v) is 4.55. The number of benzene rings is 2.